The van der Waals surface area contributed by atoms with Gasteiger partial charge in [-0.1, -0.05) is 41.9 Å². The minimum atomic E-state index is 0.518. The van der Waals surface area contributed by atoms with E-state index in [0.717, 1.165) is 37.8 Å². The molecule has 6 heteroatoms. The third kappa shape index (κ3) is 2.01. The monoisotopic (exact) mass is 314 g/mol. The van der Waals surface area contributed by atoms with E-state index in [0.29, 0.717) is 6.54 Å². The number of halogens is 1. The molecule has 0 saturated carbocycles. The molecule has 104 valence electrons. The Hall–Kier alpha value is -1.98. The molecule has 4 rings (SSSR count). The van der Waals surface area contributed by atoms with Crippen LogP contribution in [0.1, 0.15) is 22.8 Å². The molecule has 21 heavy (non-hydrogen) atoms. The van der Waals surface area contributed by atoms with Crippen molar-refractivity contribution >= 4 is 28.6 Å². The standard InChI is InChI=1S/C15H11ClN4S/c1-9-18-19-13-8-17-14(10-5-3-2-4-6-10)11-7-12(16)21-15(11)20(9)13/h2-7H,8H2,1H3. The van der Waals surface area contributed by atoms with Crippen LogP contribution in [-0.4, -0.2) is 20.5 Å². The molecule has 3 heterocycles. The minimum Gasteiger partial charge on any atom is -0.276 e. The van der Waals surface area contributed by atoms with Crippen molar-refractivity contribution in [2.45, 2.75) is 13.5 Å². The Morgan fingerprint density at radius 1 is 1.19 bits per heavy atom. The second kappa shape index (κ2) is 4.79. The Balaban J connectivity index is 1.99. The fraction of sp³-hybridized carbons (Fsp3) is 0.133. The predicted molar refractivity (Wildman–Crippen MR) is 84.8 cm³/mol. The Morgan fingerprint density at radius 2 is 2.00 bits per heavy atom. The van der Waals surface area contributed by atoms with Crippen LogP contribution in [0.2, 0.25) is 4.34 Å². The lowest BCUT2D eigenvalue weighted by Crippen LogP contribution is -2.04. The molecular formula is C15H11ClN4S. The van der Waals surface area contributed by atoms with Crippen LogP contribution in [-0.2, 0) is 6.54 Å². The predicted octanol–water partition coefficient (Wildman–Crippen LogP) is 3.64. The van der Waals surface area contributed by atoms with E-state index in [1.54, 1.807) is 0 Å². The Morgan fingerprint density at radius 3 is 2.81 bits per heavy atom. The summed E-state index contributed by atoms with van der Waals surface area (Å²) in [6.07, 6.45) is 0. The fourth-order valence-corrected chi connectivity index (χ4v) is 3.82. The topological polar surface area (TPSA) is 43.1 Å². The van der Waals surface area contributed by atoms with E-state index in [1.165, 1.54) is 11.3 Å². The number of nitrogens with zero attached hydrogens (tertiary/aromatic N) is 4. The van der Waals surface area contributed by atoms with Gasteiger partial charge < -0.3 is 0 Å². The largest absolute Gasteiger partial charge is 0.276 e. The first-order chi connectivity index (χ1) is 10.2. The van der Waals surface area contributed by atoms with Crippen LogP contribution >= 0.6 is 22.9 Å². The molecule has 4 nitrogen and oxygen atoms in total. The Kier molecular flexibility index (Phi) is 2.90. The zero-order valence-electron chi connectivity index (χ0n) is 11.2. The normalized spacial score (nSPS) is 13.3. The van der Waals surface area contributed by atoms with Crippen molar-refractivity contribution in [2.75, 3.05) is 0 Å². The third-order valence-corrected chi connectivity index (χ3v) is 4.71. The van der Waals surface area contributed by atoms with Crippen LogP contribution in [0.3, 0.4) is 0 Å². The summed E-state index contributed by atoms with van der Waals surface area (Å²) in [7, 11) is 0. The fourth-order valence-electron chi connectivity index (χ4n) is 2.54. The third-order valence-electron chi connectivity index (χ3n) is 3.46. The lowest BCUT2D eigenvalue weighted by molar-refractivity contribution is 0.869. The first-order valence-electron chi connectivity index (χ1n) is 6.55. The van der Waals surface area contributed by atoms with E-state index in [-0.39, 0.29) is 0 Å². The van der Waals surface area contributed by atoms with Gasteiger partial charge in [-0.15, -0.1) is 21.5 Å². The molecular weight excluding hydrogens is 304 g/mol. The molecule has 0 unspecified atom stereocenters. The van der Waals surface area contributed by atoms with Gasteiger partial charge in [-0.25, -0.2) is 0 Å². The molecule has 1 aromatic carbocycles. The molecule has 0 aliphatic carbocycles. The number of benzene rings is 1. The average molecular weight is 315 g/mol. The molecule has 0 radical (unpaired) electrons. The highest BCUT2D eigenvalue weighted by Crippen LogP contribution is 2.35. The van der Waals surface area contributed by atoms with Crippen LogP contribution in [0.5, 0.6) is 0 Å². The van der Waals surface area contributed by atoms with Gasteiger partial charge in [0.2, 0.25) is 0 Å². The summed E-state index contributed by atoms with van der Waals surface area (Å²) in [6, 6.07) is 12.1. The van der Waals surface area contributed by atoms with E-state index in [9.17, 15) is 0 Å². The summed E-state index contributed by atoms with van der Waals surface area (Å²) in [5, 5.41) is 9.41. The van der Waals surface area contributed by atoms with Crippen LogP contribution in [0.4, 0.5) is 0 Å². The van der Waals surface area contributed by atoms with E-state index in [1.807, 2.05) is 35.8 Å². The van der Waals surface area contributed by atoms with Gasteiger partial charge in [0, 0.05) is 11.1 Å². The van der Waals surface area contributed by atoms with Crippen molar-refractivity contribution in [1.82, 2.24) is 14.8 Å². The van der Waals surface area contributed by atoms with Gasteiger partial charge in [0.25, 0.3) is 0 Å². The number of hydrogen-bond donors (Lipinski definition) is 0. The molecule has 3 aromatic rings. The lowest BCUT2D eigenvalue weighted by atomic mass is 10.0. The van der Waals surface area contributed by atoms with E-state index in [4.69, 9.17) is 16.6 Å². The maximum Gasteiger partial charge on any atom is 0.160 e. The van der Waals surface area contributed by atoms with Gasteiger partial charge in [-0.05, 0) is 13.0 Å². The Labute approximate surface area is 130 Å². The van der Waals surface area contributed by atoms with Crippen molar-refractivity contribution in [3.8, 4) is 5.00 Å². The number of aryl methyl sites for hydroxylation is 1. The van der Waals surface area contributed by atoms with Crippen LogP contribution in [0.25, 0.3) is 5.00 Å². The molecule has 1 aliphatic rings. The highest BCUT2D eigenvalue weighted by atomic mass is 35.5. The van der Waals surface area contributed by atoms with Gasteiger partial charge in [0.05, 0.1) is 10.0 Å². The van der Waals surface area contributed by atoms with Crippen LogP contribution < -0.4 is 0 Å². The molecule has 0 saturated heterocycles. The summed E-state index contributed by atoms with van der Waals surface area (Å²) >= 11 is 7.78. The van der Waals surface area contributed by atoms with Gasteiger partial charge in [-0.3, -0.25) is 9.56 Å². The number of rotatable bonds is 1. The number of thiophene rings is 1. The molecule has 0 N–H and O–H groups in total. The lowest BCUT2D eigenvalue weighted by Gasteiger charge is -2.06. The van der Waals surface area contributed by atoms with E-state index < -0.39 is 0 Å². The van der Waals surface area contributed by atoms with Gasteiger partial charge >= 0.3 is 0 Å². The second-order valence-corrected chi connectivity index (χ2v) is 6.46. The first kappa shape index (κ1) is 12.7. The summed E-state index contributed by atoms with van der Waals surface area (Å²) < 4.78 is 2.79. The van der Waals surface area contributed by atoms with E-state index in [2.05, 4.69) is 22.3 Å². The summed E-state index contributed by atoms with van der Waals surface area (Å²) in [5.74, 6) is 1.70. The molecule has 0 atom stereocenters. The highest BCUT2D eigenvalue weighted by molar-refractivity contribution is 7.19. The highest BCUT2D eigenvalue weighted by Gasteiger charge is 2.23. The molecule has 2 aromatic heterocycles. The van der Waals surface area contributed by atoms with Crippen molar-refractivity contribution in [3.63, 3.8) is 0 Å². The molecule has 1 aliphatic heterocycles. The maximum absolute atomic E-state index is 6.25. The first-order valence-corrected chi connectivity index (χ1v) is 7.74. The Bertz CT molecular complexity index is 848. The minimum absolute atomic E-state index is 0.518. The van der Waals surface area contributed by atoms with Gasteiger partial charge in [0.1, 0.15) is 17.4 Å². The van der Waals surface area contributed by atoms with E-state index >= 15 is 0 Å². The average Bonchev–Trinajstić information content (AvgIpc) is 3.00. The molecule has 0 fully saturated rings. The molecule has 0 spiro atoms. The zero-order valence-corrected chi connectivity index (χ0v) is 12.8. The number of fused-ring (bicyclic) bond motifs is 3. The summed E-state index contributed by atoms with van der Waals surface area (Å²) in [4.78, 5) is 4.74. The number of hydrogen-bond acceptors (Lipinski definition) is 4. The molecule has 0 amide bonds. The van der Waals surface area contributed by atoms with Crippen molar-refractivity contribution in [2.24, 2.45) is 4.99 Å². The number of aliphatic imine (C=N–C) groups is 1. The zero-order chi connectivity index (χ0) is 14.4. The SMILES string of the molecule is Cc1nnc2n1-c1sc(Cl)cc1C(c1ccccc1)=NC2. The summed E-state index contributed by atoms with van der Waals surface area (Å²) in [6.45, 7) is 2.46. The van der Waals surface area contributed by atoms with Crippen LogP contribution in [0.15, 0.2) is 41.4 Å². The van der Waals surface area contributed by atoms with Gasteiger partial charge in [-0.2, -0.15) is 0 Å². The van der Waals surface area contributed by atoms with Crippen LogP contribution in [0, 0.1) is 6.92 Å². The van der Waals surface area contributed by atoms with Crippen molar-refractivity contribution in [1.29, 1.82) is 0 Å². The maximum atomic E-state index is 6.25. The summed E-state index contributed by atoms with van der Waals surface area (Å²) in [5.41, 5.74) is 3.08. The molecule has 0 bridgehead atoms. The van der Waals surface area contributed by atoms with Crippen molar-refractivity contribution < 1.29 is 0 Å². The number of aromatic nitrogens is 3. The smallest absolute Gasteiger partial charge is 0.160 e. The van der Waals surface area contributed by atoms with Gasteiger partial charge in [0.15, 0.2) is 5.82 Å². The van der Waals surface area contributed by atoms with Crippen molar-refractivity contribution in [3.05, 3.63) is 63.5 Å². The second-order valence-electron chi connectivity index (χ2n) is 4.80. The quantitative estimate of drug-likeness (QED) is 0.688.